The molecule has 0 fully saturated rings. The standard InChI is InChI=1S/C32H26ClN9O2S2/c33-19-11-13-20(14-12-19)36-38-25-29-35-24-16-15-21(17-23(24)26(42(29)40-30(25)43)18-7-3-1-4-8-18)37-39-31(44)27-28(34)41(32(45)46-27)22-9-5-2-6-10-22/h1-14,26,35H,15-17,34H2,(H,39,44)(H,40,43). The second-order valence-corrected chi connectivity index (χ2v) is 12.8. The minimum Gasteiger partial charge on any atom is -0.383 e. The largest absolute Gasteiger partial charge is 0.383 e. The zero-order valence-corrected chi connectivity index (χ0v) is 26.5. The molecule has 1 atom stereocenters. The number of carbonyl (C=O) groups excluding carboxylic acids is 1. The van der Waals surface area contributed by atoms with E-state index < -0.39 is 5.91 Å². The van der Waals surface area contributed by atoms with Crippen molar-refractivity contribution in [3.63, 3.8) is 0 Å². The van der Waals surface area contributed by atoms with E-state index in [0.717, 1.165) is 39.6 Å². The number of nitrogens with two attached hydrogens (primary N) is 1. The Morgan fingerprint density at radius 2 is 1.72 bits per heavy atom. The summed E-state index contributed by atoms with van der Waals surface area (Å²) in [7, 11) is 0. The fourth-order valence-corrected chi connectivity index (χ4v) is 7.02. The third-order valence-corrected chi connectivity index (χ3v) is 9.44. The summed E-state index contributed by atoms with van der Waals surface area (Å²) in [6, 6.07) is 25.9. The number of benzene rings is 3. The average molecular weight is 668 g/mol. The van der Waals surface area contributed by atoms with Gasteiger partial charge in [-0.3, -0.25) is 23.9 Å². The molecule has 0 saturated carbocycles. The highest BCUT2D eigenvalue weighted by atomic mass is 35.5. The molecule has 2 aromatic heterocycles. The quantitative estimate of drug-likeness (QED) is 0.0834. The number of nitrogens with zero attached hydrogens (tertiary/aromatic N) is 5. The van der Waals surface area contributed by atoms with Gasteiger partial charge >= 0.3 is 0 Å². The van der Waals surface area contributed by atoms with E-state index in [4.69, 9.17) is 29.6 Å². The van der Waals surface area contributed by atoms with Crippen molar-refractivity contribution in [1.82, 2.24) is 19.8 Å². The number of fused-ring (bicyclic) bond motifs is 1. The molecular weight excluding hydrogens is 642 g/mol. The predicted molar refractivity (Wildman–Crippen MR) is 184 cm³/mol. The first-order valence-electron chi connectivity index (χ1n) is 14.4. The molecule has 1 aliphatic heterocycles. The molecule has 5 N–H and O–H groups in total. The topological polar surface area (TPSA) is 147 Å². The number of allylic oxidation sites excluding steroid dienone is 2. The first-order valence-corrected chi connectivity index (χ1v) is 16.0. The summed E-state index contributed by atoms with van der Waals surface area (Å²) in [5.41, 5.74) is 14.0. The minimum atomic E-state index is -0.426. The number of nitrogens with one attached hydrogen (secondary N) is 3. The van der Waals surface area contributed by atoms with E-state index in [1.807, 2.05) is 60.7 Å². The Hall–Kier alpha value is -5.11. The van der Waals surface area contributed by atoms with Crippen LogP contribution in [0.4, 0.5) is 23.0 Å². The van der Waals surface area contributed by atoms with E-state index in [1.165, 1.54) is 0 Å². The van der Waals surface area contributed by atoms with E-state index in [0.29, 0.717) is 44.6 Å². The van der Waals surface area contributed by atoms with Crippen LogP contribution in [0.2, 0.25) is 5.02 Å². The Kier molecular flexibility index (Phi) is 7.95. The lowest BCUT2D eigenvalue weighted by Crippen LogP contribution is -2.30. The second-order valence-electron chi connectivity index (χ2n) is 10.7. The molecule has 2 aliphatic rings. The van der Waals surface area contributed by atoms with Gasteiger partial charge in [-0.1, -0.05) is 71.5 Å². The van der Waals surface area contributed by atoms with Crippen LogP contribution in [0, 0.1) is 3.95 Å². The van der Waals surface area contributed by atoms with Crippen molar-refractivity contribution in [3.8, 4) is 5.69 Å². The van der Waals surface area contributed by atoms with E-state index in [9.17, 15) is 9.59 Å². The van der Waals surface area contributed by atoms with Gasteiger partial charge in [-0.05, 0) is 72.6 Å². The number of hydrogen-bond donors (Lipinski definition) is 4. The number of nitrogen functional groups attached to an aromatic ring is 1. The summed E-state index contributed by atoms with van der Waals surface area (Å²) in [6.45, 7) is 0. The molecule has 230 valence electrons. The van der Waals surface area contributed by atoms with E-state index in [2.05, 4.69) is 31.2 Å². The van der Waals surface area contributed by atoms with Crippen molar-refractivity contribution in [2.24, 2.45) is 15.3 Å². The highest BCUT2D eigenvalue weighted by Crippen LogP contribution is 2.43. The molecule has 46 heavy (non-hydrogen) atoms. The second kappa shape index (κ2) is 12.4. The molecule has 5 aromatic rings. The Labute approximate surface area is 276 Å². The molecule has 0 spiro atoms. The lowest BCUT2D eigenvalue weighted by molar-refractivity contribution is 0.0959. The number of carbonyl (C=O) groups is 1. The van der Waals surface area contributed by atoms with E-state index in [-0.39, 0.29) is 23.1 Å². The number of aromatic amines is 1. The summed E-state index contributed by atoms with van der Waals surface area (Å²) in [4.78, 5) is 26.7. The number of azo groups is 1. The predicted octanol–water partition coefficient (Wildman–Crippen LogP) is 7.65. The van der Waals surface area contributed by atoms with Crippen molar-refractivity contribution in [3.05, 3.63) is 126 Å². The van der Waals surface area contributed by atoms with Crippen LogP contribution in [0.1, 0.15) is 40.5 Å². The average Bonchev–Trinajstić information content (AvgIpc) is 3.56. The van der Waals surface area contributed by atoms with Gasteiger partial charge in [0.25, 0.3) is 11.5 Å². The summed E-state index contributed by atoms with van der Waals surface area (Å²) in [6.07, 6.45) is 1.69. The van der Waals surface area contributed by atoms with Gasteiger partial charge in [-0.25, -0.2) is 5.43 Å². The lowest BCUT2D eigenvalue weighted by Gasteiger charge is -2.35. The van der Waals surface area contributed by atoms with Crippen LogP contribution in [0.15, 0.2) is 116 Å². The van der Waals surface area contributed by atoms with Crippen molar-refractivity contribution >= 4 is 69.8 Å². The molecule has 1 amide bonds. The van der Waals surface area contributed by atoms with Gasteiger partial charge in [0, 0.05) is 28.5 Å². The zero-order chi connectivity index (χ0) is 31.8. The number of para-hydroxylation sites is 1. The smallest absolute Gasteiger partial charge is 0.294 e. The van der Waals surface area contributed by atoms with Crippen LogP contribution in [-0.2, 0) is 0 Å². The normalized spacial score (nSPS) is 16.7. The van der Waals surface area contributed by atoms with Crippen molar-refractivity contribution in [2.45, 2.75) is 25.3 Å². The third-order valence-electron chi connectivity index (χ3n) is 7.79. The molecule has 0 bridgehead atoms. The fourth-order valence-electron chi connectivity index (χ4n) is 5.64. The molecular formula is C32H26ClN9O2S2. The molecule has 14 heteroatoms. The molecule has 7 rings (SSSR count). The number of hydrogen-bond acceptors (Lipinski definition) is 9. The van der Waals surface area contributed by atoms with Gasteiger partial charge in [-0.15, -0.1) is 5.11 Å². The number of anilines is 2. The van der Waals surface area contributed by atoms with Crippen molar-refractivity contribution < 1.29 is 4.79 Å². The molecule has 3 aromatic carbocycles. The van der Waals surface area contributed by atoms with Crippen LogP contribution in [0.5, 0.6) is 0 Å². The monoisotopic (exact) mass is 667 g/mol. The highest BCUT2D eigenvalue weighted by molar-refractivity contribution is 7.73. The van der Waals surface area contributed by atoms with Gasteiger partial charge in [0.2, 0.25) is 0 Å². The van der Waals surface area contributed by atoms with Gasteiger partial charge in [0.05, 0.1) is 5.69 Å². The SMILES string of the molecule is Nc1c(C(=O)NN=C2CCC3=C(C2)C(c2ccccc2)n2[nH]c(=O)c(N=Nc4ccc(Cl)cc4)c2N3)sc(=S)n1-c1ccccc1. The van der Waals surface area contributed by atoms with Crippen LogP contribution in [0.3, 0.4) is 0 Å². The maximum Gasteiger partial charge on any atom is 0.294 e. The summed E-state index contributed by atoms with van der Waals surface area (Å²) in [5.74, 6) is 0.370. The van der Waals surface area contributed by atoms with Crippen LogP contribution >= 0.6 is 35.2 Å². The Morgan fingerprint density at radius 3 is 2.46 bits per heavy atom. The Balaban J connectivity index is 1.17. The van der Waals surface area contributed by atoms with Gasteiger partial charge < -0.3 is 11.1 Å². The number of halogens is 1. The van der Waals surface area contributed by atoms with Gasteiger partial charge in [0.15, 0.2) is 15.5 Å². The number of rotatable bonds is 6. The molecule has 0 saturated heterocycles. The number of H-pyrrole nitrogens is 1. The fraction of sp³-hybridized carbons (Fsp3) is 0.125. The van der Waals surface area contributed by atoms with Crippen LogP contribution in [-0.4, -0.2) is 26.0 Å². The first kappa shape index (κ1) is 29.6. The first-order chi connectivity index (χ1) is 22.4. The zero-order valence-electron chi connectivity index (χ0n) is 24.1. The number of hydrazone groups is 1. The lowest BCUT2D eigenvalue weighted by atomic mass is 9.85. The summed E-state index contributed by atoms with van der Waals surface area (Å²) < 4.78 is 3.93. The summed E-state index contributed by atoms with van der Waals surface area (Å²) >= 11 is 12.6. The third kappa shape index (κ3) is 5.60. The molecule has 1 unspecified atom stereocenters. The minimum absolute atomic E-state index is 0.177. The Morgan fingerprint density at radius 1 is 1.00 bits per heavy atom. The molecule has 11 nitrogen and oxygen atoms in total. The van der Waals surface area contributed by atoms with Crippen molar-refractivity contribution in [1.29, 1.82) is 0 Å². The summed E-state index contributed by atoms with van der Waals surface area (Å²) in [5, 5.41) is 20.1. The van der Waals surface area contributed by atoms with Crippen LogP contribution in [0.25, 0.3) is 5.69 Å². The Bertz CT molecular complexity index is 2160. The number of thiazole rings is 1. The van der Waals surface area contributed by atoms with E-state index in [1.54, 1.807) is 33.5 Å². The molecule has 1 aliphatic carbocycles. The maximum absolute atomic E-state index is 13.2. The van der Waals surface area contributed by atoms with Gasteiger partial charge in [0.1, 0.15) is 16.7 Å². The number of aromatic nitrogens is 3. The van der Waals surface area contributed by atoms with Gasteiger partial charge in [-0.2, -0.15) is 10.2 Å². The van der Waals surface area contributed by atoms with Crippen LogP contribution < -0.4 is 22.0 Å². The van der Waals surface area contributed by atoms with Crippen molar-refractivity contribution in [2.75, 3.05) is 11.1 Å². The maximum atomic E-state index is 13.2. The number of amides is 1. The van der Waals surface area contributed by atoms with E-state index >= 15 is 0 Å². The molecule has 3 heterocycles. The highest BCUT2D eigenvalue weighted by Gasteiger charge is 2.35. The molecule has 0 radical (unpaired) electrons.